The number of ketones is 1. The SMILES string of the molecule is CCCn1ccnc1C(=O)c1snnc1C(C)(C)C. The number of rotatable bonds is 4. The molecule has 0 spiro atoms. The Labute approximate surface area is 116 Å². The highest BCUT2D eigenvalue weighted by molar-refractivity contribution is 7.08. The maximum absolute atomic E-state index is 12.6. The standard InChI is InChI=1S/C13H18N4OS/c1-5-7-17-8-6-14-12(17)9(18)10-11(13(2,3)4)15-16-19-10/h6,8H,5,7H2,1-4H3. The molecule has 0 aromatic carbocycles. The van der Waals surface area contributed by atoms with Crippen molar-refractivity contribution >= 4 is 17.3 Å². The van der Waals surface area contributed by atoms with Crippen LogP contribution in [0, 0.1) is 0 Å². The maximum atomic E-state index is 12.6. The molecule has 0 aliphatic rings. The van der Waals surface area contributed by atoms with Crippen LogP contribution < -0.4 is 0 Å². The van der Waals surface area contributed by atoms with Crippen LogP contribution in [0.3, 0.4) is 0 Å². The molecule has 19 heavy (non-hydrogen) atoms. The molecule has 0 amide bonds. The van der Waals surface area contributed by atoms with E-state index in [1.807, 2.05) is 31.5 Å². The summed E-state index contributed by atoms with van der Waals surface area (Å²) < 4.78 is 5.81. The van der Waals surface area contributed by atoms with Gasteiger partial charge in [0.05, 0.1) is 5.69 Å². The second-order valence-electron chi connectivity index (χ2n) is 5.47. The van der Waals surface area contributed by atoms with Gasteiger partial charge in [-0.2, -0.15) is 0 Å². The first kappa shape index (κ1) is 13.9. The van der Waals surface area contributed by atoms with Crippen LogP contribution in [0.5, 0.6) is 0 Å². The van der Waals surface area contributed by atoms with E-state index in [4.69, 9.17) is 0 Å². The van der Waals surface area contributed by atoms with Gasteiger partial charge in [-0.05, 0) is 18.0 Å². The van der Waals surface area contributed by atoms with Crippen molar-refractivity contribution in [2.24, 2.45) is 0 Å². The summed E-state index contributed by atoms with van der Waals surface area (Å²) in [5, 5.41) is 4.10. The molecule has 0 fully saturated rings. The van der Waals surface area contributed by atoms with Crippen LogP contribution in [-0.4, -0.2) is 24.9 Å². The van der Waals surface area contributed by atoms with Gasteiger partial charge in [-0.3, -0.25) is 4.79 Å². The van der Waals surface area contributed by atoms with E-state index in [9.17, 15) is 4.79 Å². The molecule has 6 heteroatoms. The Balaban J connectivity index is 2.40. The quantitative estimate of drug-likeness (QED) is 0.807. The summed E-state index contributed by atoms with van der Waals surface area (Å²) in [6.07, 6.45) is 4.46. The lowest BCUT2D eigenvalue weighted by atomic mass is 9.90. The summed E-state index contributed by atoms with van der Waals surface area (Å²) in [5.74, 6) is 0.386. The predicted octanol–water partition coefficient (Wildman–Crippen LogP) is 2.67. The monoisotopic (exact) mass is 278 g/mol. The zero-order chi connectivity index (χ0) is 14.0. The molecule has 2 aromatic heterocycles. The molecule has 102 valence electrons. The fourth-order valence-corrected chi connectivity index (χ4v) is 2.68. The molecule has 2 aromatic rings. The molecule has 0 N–H and O–H groups in total. The average molecular weight is 278 g/mol. The minimum absolute atomic E-state index is 0.0848. The van der Waals surface area contributed by atoms with Crippen molar-refractivity contribution in [3.63, 3.8) is 0 Å². The lowest BCUT2D eigenvalue weighted by Gasteiger charge is -2.15. The highest BCUT2D eigenvalue weighted by atomic mass is 32.1. The van der Waals surface area contributed by atoms with Crippen molar-refractivity contribution < 1.29 is 4.79 Å². The molecule has 5 nitrogen and oxygen atoms in total. The van der Waals surface area contributed by atoms with Gasteiger partial charge in [0.15, 0.2) is 5.82 Å². The third-order valence-electron chi connectivity index (χ3n) is 2.79. The number of hydrogen-bond acceptors (Lipinski definition) is 5. The molecule has 0 unspecified atom stereocenters. The number of aromatic nitrogens is 4. The molecular formula is C13H18N4OS. The minimum atomic E-state index is -0.194. The Hall–Kier alpha value is -1.56. The summed E-state index contributed by atoms with van der Waals surface area (Å²) >= 11 is 1.15. The minimum Gasteiger partial charge on any atom is -0.328 e. The normalized spacial score (nSPS) is 11.8. The Kier molecular flexibility index (Phi) is 3.80. The van der Waals surface area contributed by atoms with Crippen LogP contribution >= 0.6 is 11.5 Å². The predicted molar refractivity (Wildman–Crippen MR) is 74.6 cm³/mol. The number of imidazole rings is 1. The average Bonchev–Trinajstić information content (AvgIpc) is 2.95. The molecule has 2 rings (SSSR count). The van der Waals surface area contributed by atoms with Gasteiger partial charge in [-0.15, -0.1) is 5.10 Å². The van der Waals surface area contributed by atoms with Crippen molar-refractivity contribution in [2.75, 3.05) is 0 Å². The number of aryl methyl sites for hydroxylation is 1. The number of nitrogens with zero attached hydrogens (tertiary/aromatic N) is 4. The van der Waals surface area contributed by atoms with E-state index in [1.54, 1.807) is 6.20 Å². The molecule has 0 saturated heterocycles. The lowest BCUT2D eigenvalue weighted by molar-refractivity contribution is 0.102. The topological polar surface area (TPSA) is 60.7 Å². The summed E-state index contributed by atoms with van der Waals surface area (Å²) in [5.41, 5.74) is 0.550. The van der Waals surface area contributed by atoms with E-state index in [0.29, 0.717) is 10.7 Å². The van der Waals surface area contributed by atoms with Crippen LogP contribution in [0.2, 0.25) is 0 Å². The highest BCUT2D eigenvalue weighted by Crippen LogP contribution is 2.27. The third kappa shape index (κ3) is 2.73. The molecule has 0 aliphatic heterocycles. The molecule has 0 atom stereocenters. The van der Waals surface area contributed by atoms with Gasteiger partial charge < -0.3 is 4.57 Å². The Morgan fingerprint density at radius 3 is 2.79 bits per heavy atom. The van der Waals surface area contributed by atoms with Gasteiger partial charge >= 0.3 is 0 Å². The van der Waals surface area contributed by atoms with E-state index in [1.165, 1.54) is 0 Å². The zero-order valence-electron chi connectivity index (χ0n) is 11.7. The number of carbonyl (C=O) groups excluding carboxylic acids is 1. The van der Waals surface area contributed by atoms with Crippen molar-refractivity contribution in [1.82, 2.24) is 19.1 Å². The van der Waals surface area contributed by atoms with E-state index in [2.05, 4.69) is 21.5 Å². The van der Waals surface area contributed by atoms with Gasteiger partial charge in [-0.25, -0.2) is 4.98 Å². The van der Waals surface area contributed by atoms with Gasteiger partial charge in [0.2, 0.25) is 5.78 Å². The fraction of sp³-hybridized carbons (Fsp3) is 0.538. The highest BCUT2D eigenvalue weighted by Gasteiger charge is 2.28. The Bertz CT molecular complexity index is 579. The fourth-order valence-electron chi connectivity index (χ4n) is 1.87. The van der Waals surface area contributed by atoms with Crippen molar-refractivity contribution in [1.29, 1.82) is 0 Å². The number of hydrogen-bond donors (Lipinski definition) is 0. The number of carbonyl (C=O) groups is 1. The van der Waals surface area contributed by atoms with Gasteiger partial charge in [0.1, 0.15) is 4.88 Å². The summed E-state index contributed by atoms with van der Waals surface area (Å²) in [6, 6.07) is 0. The lowest BCUT2D eigenvalue weighted by Crippen LogP contribution is -2.18. The molecule has 0 bridgehead atoms. The summed E-state index contributed by atoms with van der Waals surface area (Å²) in [6.45, 7) is 8.94. The molecular weight excluding hydrogens is 260 g/mol. The Morgan fingerprint density at radius 2 is 2.16 bits per heavy atom. The van der Waals surface area contributed by atoms with E-state index >= 15 is 0 Å². The first-order chi connectivity index (χ1) is 8.95. The van der Waals surface area contributed by atoms with Crippen LogP contribution in [0.1, 0.15) is 55.3 Å². The van der Waals surface area contributed by atoms with Crippen molar-refractivity contribution in [3.05, 3.63) is 28.8 Å². The first-order valence-electron chi connectivity index (χ1n) is 6.33. The smallest absolute Gasteiger partial charge is 0.241 e. The second-order valence-corrected chi connectivity index (χ2v) is 6.23. The first-order valence-corrected chi connectivity index (χ1v) is 7.11. The van der Waals surface area contributed by atoms with E-state index < -0.39 is 0 Å². The van der Waals surface area contributed by atoms with Gasteiger partial charge in [-0.1, -0.05) is 32.2 Å². The van der Waals surface area contributed by atoms with E-state index in [-0.39, 0.29) is 11.2 Å². The van der Waals surface area contributed by atoms with Crippen LogP contribution in [0.15, 0.2) is 12.4 Å². The van der Waals surface area contributed by atoms with Gasteiger partial charge in [0.25, 0.3) is 0 Å². The van der Waals surface area contributed by atoms with Crippen LogP contribution in [0.4, 0.5) is 0 Å². The van der Waals surface area contributed by atoms with Crippen LogP contribution in [0.25, 0.3) is 0 Å². The maximum Gasteiger partial charge on any atom is 0.241 e. The summed E-state index contributed by atoms with van der Waals surface area (Å²) in [7, 11) is 0. The van der Waals surface area contributed by atoms with Crippen molar-refractivity contribution in [2.45, 2.75) is 46.1 Å². The largest absolute Gasteiger partial charge is 0.328 e. The third-order valence-corrected chi connectivity index (χ3v) is 3.51. The molecule has 0 aliphatic carbocycles. The second kappa shape index (κ2) is 5.21. The van der Waals surface area contributed by atoms with Crippen molar-refractivity contribution in [3.8, 4) is 0 Å². The molecule has 2 heterocycles. The van der Waals surface area contributed by atoms with Gasteiger partial charge in [0, 0.05) is 24.4 Å². The van der Waals surface area contributed by atoms with Crippen LogP contribution in [-0.2, 0) is 12.0 Å². The van der Waals surface area contributed by atoms with E-state index in [0.717, 1.165) is 30.2 Å². The Morgan fingerprint density at radius 1 is 1.42 bits per heavy atom. The molecule has 0 radical (unpaired) electrons. The molecule has 0 saturated carbocycles. The summed E-state index contributed by atoms with van der Waals surface area (Å²) in [4.78, 5) is 17.4. The zero-order valence-corrected chi connectivity index (χ0v) is 12.5.